The molecule has 0 saturated heterocycles. The molecule has 1 aliphatic rings. The number of rotatable bonds is 3. The molecule has 1 aromatic heterocycles. The van der Waals surface area contributed by atoms with Crippen molar-refractivity contribution in [3.63, 3.8) is 0 Å². The summed E-state index contributed by atoms with van der Waals surface area (Å²) in [6.45, 7) is 0.724. The summed E-state index contributed by atoms with van der Waals surface area (Å²) in [5, 5.41) is 2.08. The van der Waals surface area contributed by atoms with Gasteiger partial charge >= 0.3 is 0 Å². The second-order valence-corrected chi connectivity index (χ2v) is 5.31. The summed E-state index contributed by atoms with van der Waals surface area (Å²) in [5.41, 5.74) is 6.80. The summed E-state index contributed by atoms with van der Waals surface area (Å²) in [5.74, 6) is 0.510. The minimum Gasteiger partial charge on any atom is -0.479 e. The lowest BCUT2D eigenvalue weighted by Gasteiger charge is -2.18. The molecule has 3 nitrogen and oxygen atoms in total. The maximum Gasteiger partial charge on any atom is 0.201 e. The Labute approximate surface area is 105 Å². The highest BCUT2D eigenvalue weighted by Gasteiger charge is 2.28. The van der Waals surface area contributed by atoms with Crippen LogP contribution in [0, 0.1) is 5.92 Å². The summed E-state index contributed by atoms with van der Waals surface area (Å²) < 4.78 is 10.5. The van der Waals surface area contributed by atoms with Crippen molar-refractivity contribution in [2.24, 2.45) is 11.7 Å². The molecule has 17 heavy (non-hydrogen) atoms. The van der Waals surface area contributed by atoms with Crippen LogP contribution in [0.5, 0.6) is 5.06 Å². The quantitative estimate of drug-likeness (QED) is 0.908. The number of ether oxygens (including phenoxy) is 1. The number of fused-ring (bicyclic) bond motifs is 1. The zero-order chi connectivity index (χ0) is 11.7. The normalized spacial score (nSPS) is 24.3. The monoisotopic (exact) mass is 248 g/mol. The molecule has 0 spiro atoms. The van der Waals surface area contributed by atoms with Crippen molar-refractivity contribution in [2.45, 2.75) is 25.4 Å². The van der Waals surface area contributed by atoms with Gasteiger partial charge in [-0.2, -0.15) is 4.37 Å². The van der Waals surface area contributed by atoms with Crippen molar-refractivity contribution >= 4 is 22.4 Å². The fraction of sp³-hybridized carbons (Fsp3) is 0.462. The van der Waals surface area contributed by atoms with Crippen LogP contribution in [0.15, 0.2) is 24.3 Å². The Bertz CT molecular complexity index is 511. The first-order chi connectivity index (χ1) is 8.38. The Morgan fingerprint density at radius 2 is 2.24 bits per heavy atom. The van der Waals surface area contributed by atoms with E-state index in [0.717, 1.165) is 28.9 Å². The van der Waals surface area contributed by atoms with Crippen LogP contribution in [-0.2, 0) is 0 Å². The van der Waals surface area contributed by atoms with Gasteiger partial charge in [-0.15, -0.1) is 0 Å². The van der Waals surface area contributed by atoms with Gasteiger partial charge in [-0.05, 0) is 37.9 Å². The predicted octanol–water partition coefficient (Wildman–Crippen LogP) is 2.80. The number of hydrogen-bond donors (Lipinski definition) is 1. The van der Waals surface area contributed by atoms with Crippen molar-refractivity contribution in [1.29, 1.82) is 0 Å². The zero-order valence-electron chi connectivity index (χ0n) is 9.63. The Morgan fingerprint density at radius 1 is 1.35 bits per heavy atom. The van der Waals surface area contributed by atoms with Crippen molar-refractivity contribution in [1.82, 2.24) is 4.37 Å². The fourth-order valence-electron chi connectivity index (χ4n) is 2.52. The second kappa shape index (κ2) is 4.63. The molecule has 0 radical (unpaired) electrons. The molecule has 0 aliphatic heterocycles. The molecule has 1 saturated carbocycles. The Morgan fingerprint density at radius 3 is 3.12 bits per heavy atom. The molecular formula is C13H16N2OS. The molecule has 2 atom stereocenters. The van der Waals surface area contributed by atoms with E-state index in [1.807, 2.05) is 18.2 Å². The van der Waals surface area contributed by atoms with E-state index in [-0.39, 0.29) is 6.10 Å². The van der Waals surface area contributed by atoms with Gasteiger partial charge in [0.2, 0.25) is 5.06 Å². The maximum absolute atomic E-state index is 6.11. The zero-order valence-corrected chi connectivity index (χ0v) is 10.5. The predicted molar refractivity (Wildman–Crippen MR) is 70.4 cm³/mol. The van der Waals surface area contributed by atoms with Crippen LogP contribution in [0.4, 0.5) is 0 Å². The van der Waals surface area contributed by atoms with Gasteiger partial charge in [0.05, 0.1) is 10.9 Å². The van der Waals surface area contributed by atoms with Gasteiger partial charge in [0.25, 0.3) is 0 Å². The van der Waals surface area contributed by atoms with Crippen LogP contribution in [0.2, 0.25) is 0 Å². The number of aromatic nitrogens is 1. The molecule has 1 fully saturated rings. The van der Waals surface area contributed by atoms with Gasteiger partial charge in [-0.3, -0.25) is 0 Å². The smallest absolute Gasteiger partial charge is 0.201 e. The van der Waals surface area contributed by atoms with Crippen LogP contribution < -0.4 is 10.5 Å². The van der Waals surface area contributed by atoms with Crippen LogP contribution >= 0.6 is 11.5 Å². The van der Waals surface area contributed by atoms with Gasteiger partial charge in [-0.1, -0.05) is 12.1 Å². The van der Waals surface area contributed by atoms with Crippen molar-refractivity contribution in [3.8, 4) is 5.06 Å². The lowest BCUT2D eigenvalue weighted by molar-refractivity contribution is 0.170. The van der Waals surface area contributed by atoms with Gasteiger partial charge in [-0.25, -0.2) is 0 Å². The standard InChI is InChI=1S/C13H16N2OS/c14-8-9-4-3-7-12(9)16-13-10-5-1-2-6-11(10)15-17-13/h1-2,5-6,9,12H,3-4,7-8,14H2. The third kappa shape index (κ3) is 2.03. The SMILES string of the molecule is NCC1CCCC1Oc1snc2ccccc12. The van der Waals surface area contributed by atoms with Gasteiger partial charge in [0, 0.05) is 17.5 Å². The van der Waals surface area contributed by atoms with Gasteiger partial charge < -0.3 is 10.5 Å². The van der Waals surface area contributed by atoms with E-state index in [2.05, 4.69) is 10.4 Å². The third-order valence-corrected chi connectivity index (χ3v) is 4.27. The number of hydrogen-bond acceptors (Lipinski definition) is 4. The molecule has 1 aliphatic carbocycles. The summed E-state index contributed by atoms with van der Waals surface area (Å²) in [6.07, 6.45) is 3.82. The average Bonchev–Trinajstić information content (AvgIpc) is 2.97. The molecule has 2 aromatic rings. The van der Waals surface area contributed by atoms with Gasteiger partial charge in [0.1, 0.15) is 6.10 Å². The minimum atomic E-state index is 0.281. The Kier molecular flexibility index (Phi) is 2.99. The molecule has 0 amide bonds. The molecule has 2 N–H and O–H groups in total. The molecular weight excluding hydrogens is 232 g/mol. The highest BCUT2D eigenvalue weighted by molar-refractivity contribution is 7.09. The molecule has 1 heterocycles. The van der Waals surface area contributed by atoms with Crippen LogP contribution in [0.3, 0.4) is 0 Å². The molecule has 90 valence electrons. The highest BCUT2D eigenvalue weighted by atomic mass is 32.1. The Hall–Kier alpha value is -1.13. The van der Waals surface area contributed by atoms with E-state index in [1.54, 1.807) is 0 Å². The van der Waals surface area contributed by atoms with E-state index in [1.165, 1.54) is 24.4 Å². The first-order valence-corrected chi connectivity index (χ1v) is 6.87. The summed E-state index contributed by atoms with van der Waals surface area (Å²) in [7, 11) is 0. The van der Waals surface area contributed by atoms with E-state index < -0.39 is 0 Å². The lowest BCUT2D eigenvalue weighted by atomic mass is 10.1. The average molecular weight is 248 g/mol. The van der Waals surface area contributed by atoms with Crippen molar-refractivity contribution in [3.05, 3.63) is 24.3 Å². The largest absolute Gasteiger partial charge is 0.479 e. The minimum absolute atomic E-state index is 0.281. The highest BCUT2D eigenvalue weighted by Crippen LogP contribution is 2.35. The summed E-state index contributed by atoms with van der Waals surface area (Å²) >= 11 is 1.45. The second-order valence-electron chi connectivity index (χ2n) is 4.57. The van der Waals surface area contributed by atoms with E-state index in [4.69, 9.17) is 10.5 Å². The molecule has 4 heteroatoms. The number of benzene rings is 1. The first kappa shape index (κ1) is 11.0. The first-order valence-electron chi connectivity index (χ1n) is 6.09. The number of nitrogens with zero attached hydrogens (tertiary/aromatic N) is 1. The lowest BCUT2D eigenvalue weighted by Crippen LogP contribution is -2.27. The maximum atomic E-state index is 6.11. The van der Waals surface area contributed by atoms with E-state index in [0.29, 0.717) is 5.92 Å². The number of nitrogens with two attached hydrogens (primary N) is 1. The van der Waals surface area contributed by atoms with Crippen LogP contribution in [-0.4, -0.2) is 17.0 Å². The van der Waals surface area contributed by atoms with Crippen molar-refractivity contribution < 1.29 is 4.74 Å². The molecule has 1 aromatic carbocycles. The van der Waals surface area contributed by atoms with E-state index in [9.17, 15) is 0 Å². The molecule has 2 unspecified atom stereocenters. The van der Waals surface area contributed by atoms with Crippen LogP contribution in [0.1, 0.15) is 19.3 Å². The molecule has 3 rings (SSSR count). The third-order valence-electron chi connectivity index (χ3n) is 3.50. The van der Waals surface area contributed by atoms with E-state index >= 15 is 0 Å². The van der Waals surface area contributed by atoms with Crippen molar-refractivity contribution in [2.75, 3.05) is 6.54 Å². The summed E-state index contributed by atoms with van der Waals surface area (Å²) in [6, 6.07) is 8.12. The Balaban J connectivity index is 1.85. The summed E-state index contributed by atoms with van der Waals surface area (Å²) in [4.78, 5) is 0. The fourth-order valence-corrected chi connectivity index (χ4v) is 3.29. The van der Waals surface area contributed by atoms with Gasteiger partial charge in [0.15, 0.2) is 0 Å². The molecule has 0 bridgehead atoms. The topological polar surface area (TPSA) is 48.1 Å². The van der Waals surface area contributed by atoms with Crippen LogP contribution in [0.25, 0.3) is 10.9 Å².